The summed E-state index contributed by atoms with van der Waals surface area (Å²) < 4.78 is 36.9. The van der Waals surface area contributed by atoms with Crippen molar-refractivity contribution in [2.24, 2.45) is 0 Å². The molecule has 8 heteroatoms. The fourth-order valence-corrected chi connectivity index (χ4v) is 2.44. The quantitative estimate of drug-likeness (QED) is 0.843. The maximum absolute atomic E-state index is 12.2. The molecule has 17 heavy (non-hydrogen) atoms. The van der Waals surface area contributed by atoms with Crippen LogP contribution in [0.5, 0.6) is 0 Å². The molecular formula is C9H3BrF3NO2S. The first-order valence-corrected chi connectivity index (χ1v) is 5.58. The van der Waals surface area contributed by atoms with Crippen molar-refractivity contribution in [3.8, 4) is 6.07 Å². The molecule has 0 fully saturated rings. The van der Waals surface area contributed by atoms with Crippen molar-refractivity contribution in [2.75, 3.05) is 0 Å². The van der Waals surface area contributed by atoms with Crippen LogP contribution in [0.3, 0.4) is 0 Å². The molecule has 0 aliphatic carbocycles. The Kier molecular flexibility index (Phi) is 4.06. The van der Waals surface area contributed by atoms with Gasteiger partial charge in [0.1, 0.15) is 6.07 Å². The second kappa shape index (κ2) is 4.98. The standard InChI is InChI=1S/C9H3BrF3NO2S/c10-5-1-4(3-14)7(8(15)16)6(2-5)17-9(11,12)13/h1-2H,(H,15,16). The lowest BCUT2D eigenvalue weighted by Crippen LogP contribution is -2.07. The third-order valence-corrected chi connectivity index (χ3v) is 2.86. The van der Waals surface area contributed by atoms with Crippen molar-refractivity contribution in [3.63, 3.8) is 0 Å². The van der Waals surface area contributed by atoms with E-state index in [1.54, 1.807) is 6.07 Å². The monoisotopic (exact) mass is 325 g/mol. The highest BCUT2D eigenvalue weighted by atomic mass is 79.9. The number of carboxylic acids is 1. The Morgan fingerprint density at radius 3 is 2.47 bits per heavy atom. The molecule has 0 unspecified atom stereocenters. The fraction of sp³-hybridized carbons (Fsp3) is 0.111. The van der Waals surface area contributed by atoms with E-state index >= 15 is 0 Å². The summed E-state index contributed by atoms with van der Waals surface area (Å²) in [5, 5.41) is 17.5. The molecule has 0 aliphatic heterocycles. The highest BCUT2D eigenvalue weighted by Crippen LogP contribution is 2.40. The fourth-order valence-electron chi connectivity index (χ4n) is 1.10. The third-order valence-electron chi connectivity index (χ3n) is 1.63. The van der Waals surface area contributed by atoms with Crippen LogP contribution in [0.15, 0.2) is 21.5 Å². The average Bonchev–Trinajstić information content (AvgIpc) is 2.12. The molecular weight excluding hydrogens is 323 g/mol. The van der Waals surface area contributed by atoms with Crippen LogP contribution in [0.2, 0.25) is 0 Å². The Hall–Kier alpha value is -1.20. The number of carbonyl (C=O) groups is 1. The van der Waals surface area contributed by atoms with E-state index < -0.39 is 33.7 Å². The molecule has 0 saturated carbocycles. The zero-order chi connectivity index (χ0) is 13.2. The zero-order valence-corrected chi connectivity index (χ0v) is 10.3. The number of nitriles is 1. The number of benzene rings is 1. The van der Waals surface area contributed by atoms with Gasteiger partial charge in [-0.2, -0.15) is 18.4 Å². The summed E-state index contributed by atoms with van der Waals surface area (Å²) in [4.78, 5) is 10.3. The summed E-state index contributed by atoms with van der Waals surface area (Å²) in [6.07, 6.45) is 0. The van der Waals surface area contributed by atoms with Gasteiger partial charge in [-0.15, -0.1) is 0 Å². The van der Waals surface area contributed by atoms with Crippen LogP contribution in [-0.4, -0.2) is 16.6 Å². The maximum Gasteiger partial charge on any atom is 0.446 e. The van der Waals surface area contributed by atoms with E-state index in [9.17, 15) is 18.0 Å². The minimum Gasteiger partial charge on any atom is -0.478 e. The molecule has 0 atom stereocenters. The molecule has 0 heterocycles. The number of carboxylic acid groups (broad SMARTS) is 1. The summed E-state index contributed by atoms with van der Waals surface area (Å²) >= 11 is 2.36. The van der Waals surface area contributed by atoms with Crippen LogP contribution in [0.25, 0.3) is 0 Å². The minimum absolute atomic E-state index is 0.214. The van der Waals surface area contributed by atoms with Crippen molar-refractivity contribution in [1.29, 1.82) is 5.26 Å². The number of nitrogens with zero attached hydrogens (tertiary/aromatic N) is 1. The highest BCUT2D eigenvalue weighted by Gasteiger charge is 2.32. The molecule has 0 spiro atoms. The lowest BCUT2D eigenvalue weighted by Gasteiger charge is -2.10. The molecule has 1 aromatic carbocycles. The van der Waals surface area contributed by atoms with E-state index in [2.05, 4.69) is 15.9 Å². The van der Waals surface area contributed by atoms with Crippen molar-refractivity contribution in [1.82, 2.24) is 0 Å². The molecule has 1 N–H and O–H groups in total. The minimum atomic E-state index is -4.61. The van der Waals surface area contributed by atoms with Gasteiger partial charge in [0.15, 0.2) is 0 Å². The SMILES string of the molecule is N#Cc1cc(Br)cc(SC(F)(F)F)c1C(=O)O. The van der Waals surface area contributed by atoms with Crippen LogP contribution in [-0.2, 0) is 0 Å². The Balaban J connectivity index is 3.42. The molecule has 0 radical (unpaired) electrons. The number of rotatable bonds is 2. The van der Waals surface area contributed by atoms with E-state index in [4.69, 9.17) is 10.4 Å². The van der Waals surface area contributed by atoms with Crippen LogP contribution in [0.4, 0.5) is 13.2 Å². The van der Waals surface area contributed by atoms with Crippen LogP contribution < -0.4 is 0 Å². The van der Waals surface area contributed by atoms with Gasteiger partial charge in [-0.05, 0) is 23.9 Å². The first-order valence-electron chi connectivity index (χ1n) is 3.97. The largest absolute Gasteiger partial charge is 0.478 e. The maximum atomic E-state index is 12.2. The molecule has 3 nitrogen and oxygen atoms in total. The van der Waals surface area contributed by atoms with Gasteiger partial charge < -0.3 is 5.11 Å². The summed E-state index contributed by atoms with van der Waals surface area (Å²) in [6.45, 7) is 0. The van der Waals surface area contributed by atoms with Crippen LogP contribution in [0, 0.1) is 11.3 Å². The van der Waals surface area contributed by atoms with Gasteiger partial charge in [-0.25, -0.2) is 4.79 Å². The third kappa shape index (κ3) is 3.64. The van der Waals surface area contributed by atoms with Crippen molar-refractivity contribution in [2.45, 2.75) is 10.4 Å². The van der Waals surface area contributed by atoms with Gasteiger partial charge in [0, 0.05) is 9.37 Å². The Morgan fingerprint density at radius 1 is 1.47 bits per heavy atom. The topological polar surface area (TPSA) is 61.1 Å². The predicted octanol–water partition coefficient (Wildman–Crippen LogP) is 3.63. The summed E-state index contributed by atoms with van der Waals surface area (Å²) in [5.41, 5.74) is -5.57. The number of halogens is 4. The van der Waals surface area contributed by atoms with Gasteiger partial charge in [-0.1, -0.05) is 15.9 Å². The average molecular weight is 326 g/mol. The smallest absolute Gasteiger partial charge is 0.446 e. The molecule has 0 aliphatic rings. The number of alkyl halides is 3. The Labute approximate surface area is 106 Å². The van der Waals surface area contributed by atoms with E-state index in [1.165, 1.54) is 0 Å². The molecule has 1 rings (SSSR count). The van der Waals surface area contributed by atoms with E-state index in [0.717, 1.165) is 12.1 Å². The Morgan fingerprint density at radius 2 is 2.06 bits per heavy atom. The van der Waals surface area contributed by atoms with Gasteiger partial charge >= 0.3 is 11.5 Å². The first-order chi connectivity index (χ1) is 7.74. The van der Waals surface area contributed by atoms with E-state index in [0.29, 0.717) is 0 Å². The second-order valence-corrected chi connectivity index (χ2v) is 4.81. The van der Waals surface area contributed by atoms with Crippen molar-refractivity contribution >= 4 is 33.7 Å². The normalized spacial score (nSPS) is 11.0. The van der Waals surface area contributed by atoms with E-state index in [-0.39, 0.29) is 10.0 Å². The molecule has 0 bridgehead atoms. The molecule has 0 saturated heterocycles. The van der Waals surface area contributed by atoms with Gasteiger partial charge in [0.2, 0.25) is 0 Å². The zero-order valence-electron chi connectivity index (χ0n) is 7.88. The highest BCUT2D eigenvalue weighted by molar-refractivity contribution is 9.10. The van der Waals surface area contributed by atoms with Gasteiger partial charge in [0.25, 0.3) is 0 Å². The first kappa shape index (κ1) is 13.9. The number of hydrogen-bond donors (Lipinski definition) is 1. The Bertz CT molecular complexity index is 510. The molecule has 1 aromatic rings. The number of thioether (sulfide) groups is 1. The van der Waals surface area contributed by atoms with E-state index in [1.807, 2.05) is 0 Å². The summed E-state index contributed by atoms with van der Waals surface area (Å²) in [5.74, 6) is -1.57. The van der Waals surface area contributed by atoms with Crippen molar-refractivity contribution < 1.29 is 23.1 Å². The second-order valence-electron chi connectivity index (χ2n) is 2.79. The number of aromatic carboxylic acids is 1. The summed E-state index contributed by atoms with van der Waals surface area (Å²) in [6, 6.07) is 3.73. The summed E-state index contributed by atoms with van der Waals surface area (Å²) in [7, 11) is 0. The van der Waals surface area contributed by atoms with Gasteiger partial charge in [-0.3, -0.25) is 0 Å². The van der Waals surface area contributed by atoms with Crippen LogP contribution >= 0.6 is 27.7 Å². The van der Waals surface area contributed by atoms with Gasteiger partial charge in [0.05, 0.1) is 11.1 Å². The molecule has 90 valence electrons. The lowest BCUT2D eigenvalue weighted by molar-refractivity contribution is -0.0328. The van der Waals surface area contributed by atoms with Crippen molar-refractivity contribution in [3.05, 3.63) is 27.7 Å². The lowest BCUT2D eigenvalue weighted by atomic mass is 10.1. The predicted molar refractivity (Wildman–Crippen MR) is 57.7 cm³/mol. The number of hydrogen-bond acceptors (Lipinski definition) is 3. The molecule has 0 aromatic heterocycles. The molecule has 0 amide bonds. The van der Waals surface area contributed by atoms with Crippen LogP contribution in [0.1, 0.15) is 15.9 Å².